The second-order valence-electron chi connectivity index (χ2n) is 5.65. The maximum absolute atomic E-state index is 13.6. The average Bonchev–Trinajstić information content (AvgIpc) is 2.47. The Kier molecular flexibility index (Phi) is 5.49. The number of hydrogen-bond donors (Lipinski definition) is 2. The summed E-state index contributed by atoms with van der Waals surface area (Å²) in [5, 5.41) is 13.4. The molecule has 1 aliphatic carbocycles. The van der Waals surface area contributed by atoms with E-state index < -0.39 is 17.7 Å². The topological polar surface area (TPSA) is 32.3 Å². The van der Waals surface area contributed by atoms with Gasteiger partial charge in [0.05, 0.1) is 6.10 Å². The van der Waals surface area contributed by atoms with Crippen LogP contribution in [0.2, 0.25) is 0 Å². The van der Waals surface area contributed by atoms with Crippen LogP contribution in [-0.2, 0) is 0 Å². The summed E-state index contributed by atoms with van der Waals surface area (Å²) < 4.78 is 26.7. The molecule has 3 unspecified atom stereocenters. The van der Waals surface area contributed by atoms with Gasteiger partial charge in [0.15, 0.2) is 0 Å². The summed E-state index contributed by atoms with van der Waals surface area (Å²) >= 11 is 0. The second-order valence-corrected chi connectivity index (χ2v) is 5.65. The maximum Gasteiger partial charge on any atom is 0.129 e. The summed E-state index contributed by atoms with van der Waals surface area (Å²) in [7, 11) is 0. The molecule has 1 aliphatic rings. The van der Waals surface area contributed by atoms with Crippen LogP contribution in [0, 0.1) is 17.6 Å². The van der Waals surface area contributed by atoms with Gasteiger partial charge in [-0.3, -0.25) is 0 Å². The second kappa shape index (κ2) is 7.14. The molecule has 0 aliphatic heterocycles. The molecule has 1 aromatic rings. The first-order valence-corrected chi connectivity index (χ1v) is 7.48. The van der Waals surface area contributed by atoms with Gasteiger partial charge in [0.2, 0.25) is 0 Å². The lowest BCUT2D eigenvalue weighted by Gasteiger charge is -2.32. The van der Waals surface area contributed by atoms with Crippen LogP contribution in [0.5, 0.6) is 0 Å². The van der Waals surface area contributed by atoms with Gasteiger partial charge in [-0.05, 0) is 37.0 Å². The molecule has 2 N–H and O–H groups in total. The number of rotatable bonds is 5. The van der Waals surface area contributed by atoms with Gasteiger partial charge in [0, 0.05) is 18.2 Å². The molecule has 0 amide bonds. The van der Waals surface area contributed by atoms with Crippen molar-refractivity contribution in [3.05, 3.63) is 35.4 Å². The first-order valence-electron chi connectivity index (χ1n) is 7.48. The molecule has 1 saturated carbocycles. The van der Waals surface area contributed by atoms with Crippen molar-refractivity contribution >= 4 is 0 Å². The van der Waals surface area contributed by atoms with Gasteiger partial charge in [0.1, 0.15) is 11.6 Å². The minimum Gasteiger partial charge on any atom is -0.387 e. The molecule has 0 aromatic heterocycles. The lowest BCUT2D eigenvalue weighted by atomic mass is 9.83. The van der Waals surface area contributed by atoms with E-state index in [1.807, 2.05) is 0 Å². The van der Waals surface area contributed by atoms with Crippen LogP contribution >= 0.6 is 0 Å². The predicted molar refractivity (Wildman–Crippen MR) is 75.4 cm³/mol. The van der Waals surface area contributed by atoms with Gasteiger partial charge in [-0.1, -0.05) is 26.2 Å². The molecule has 0 radical (unpaired) electrons. The summed E-state index contributed by atoms with van der Waals surface area (Å²) in [5.74, 6) is -0.464. The van der Waals surface area contributed by atoms with E-state index >= 15 is 0 Å². The summed E-state index contributed by atoms with van der Waals surface area (Å²) in [6, 6.07) is 3.57. The highest BCUT2D eigenvalue weighted by molar-refractivity contribution is 5.21. The van der Waals surface area contributed by atoms with E-state index in [9.17, 15) is 13.9 Å². The fourth-order valence-corrected chi connectivity index (χ4v) is 3.11. The highest BCUT2D eigenvalue weighted by atomic mass is 19.1. The standard InChI is InChI=1S/C16H23F2NO/c1-2-11-5-3-4-6-15(11)19-10-16(20)13-9-12(17)7-8-14(13)18/h7-9,11,15-16,19-20H,2-6,10H2,1H3. The minimum absolute atomic E-state index is 0.0290. The van der Waals surface area contributed by atoms with Crippen molar-refractivity contribution in [2.24, 2.45) is 5.92 Å². The summed E-state index contributed by atoms with van der Waals surface area (Å²) in [6.07, 6.45) is 4.86. The monoisotopic (exact) mass is 283 g/mol. The molecular formula is C16H23F2NO. The van der Waals surface area contributed by atoms with Crippen molar-refractivity contribution in [2.45, 2.75) is 51.2 Å². The largest absolute Gasteiger partial charge is 0.387 e. The van der Waals surface area contributed by atoms with Crippen molar-refractivity contribution in [3.8, 4) is 0 Å². The molecule has 0 heterocycles. The van der Waals surface area contributed by atoms with Crippen molar-refractivity contribution in [2.75, 3.05) is 6.54 Å². The fraction of sp³-hybridized carbons (Fsp3) is 0.625. The van der Waals surface area contributed by atoms with Crippen LogP contribution in [0.15, 0.2) is 18.2 Å². The molecule has 0 bridgehead atoms. The van der Waals surface area contributed by atoms with Crippen LogP contribution in [-0.4, -0.2) is 17.7 Å². The zero-order chi connectivity index (χ0) is 14.5. The highest BCUT2D eigenvalue weighted by Crippen LogP contribution is 2.27. The molecule has 3 atom stereocenters. The van der Waals surface area contributed by atoms with Crippen molar-refractivity contribution in [1.29, 1.82) is 0 Å². The van der Waals surface area contributed by atoms with Gasteiger partial charge < -0.3 is 10.4 Å². The predicted octanol–water partition coefficient (Wildman–Crippen LogP) is 3.56. The van der Waals surface area contributed by atoms with E-state index in [1.165, 1.54) is 19.3 Å². The molecule has 1 aromatic carbocycles. The quantitative estimate of drug-likeness (QED) is 0.866. The molecule has 20 heavy (non-hydrogen) atoms. The normalized spacial score (nSPS) is 24.6. The minimum atomic E-state index is -1.01. The molecule has 1 fully saturated rings. The Balaban J connectivity index is 1.94. The Morgan fingerprint density at radius 2 is 2.05 bits per heavy atom. The van der Waals surface area contributed by atoms with Crippen LogP contribution in [0.3, 0.4) is 0 Å². The lowest BCUT2D eigenvalue weighted by molar-refractivity contribution is 0.150. The third-order valence-corrected chi connectivity index (χ3v) is 4.32. The van der Waals surface area contributed by atoms with E-state index in [1.54, 1.807) is 0 Å². The Morgan fingerprint density at radius 1 is 1.30 bits per heavy atom. The molecule has 4 heteroatoms. The van der Waals surface area contributed by atoms with E-state index in [2.05, 4.69) is 12.2 Å². The molecule has 0 saturated heterocycles. The summed E-state index contributed by atoms with van der Waals surface area (Å²) in [4.78, 5) is 0. The number of aliphatic hydroxyl groups excluding tert-OH is 1. The Hall–Kier alpha value is -1.00. The van der Waals surface area contributed by atoms with Gasteiger partial charge in [-0.15, -0.1) is 0 Å². The Morgan fingerprint density at radius 3 is 2.80 bits per heavy atom. The molecule has 112 valence electrons. The first-order chi connectivity index (χ1) is 9.61. The number of benzene rings is 1. The van der Waals surface area contributed by atoms with Crippen molar-refractivity contribution in [1.82, 2.24) is 5.32 Å². The third-order valence-electron chi connectivity index (χ3n) is 4.32. The smallest absolute Gasteiger partial charge is 0.129 e. The summed E-state index contributed by atoms with van der Waals surface area (Å²) in [5.41, 5.74) is 0.0290. The van der Waals surface area contributed by atoms with Gasteiger partial charge in [0.25, 0.3) is 0 Å². The third kappa shape index (κ3) is 3.76. The Bertz CT molecular complexity index is 438. The highest BCUT2D eigenvalue weighted by Gasteiger charge is 2.24. The van der Waals surface area contributed by atoms with Gasteiger partial charge in [-0.25, -0.2) is 8.78 Å². The molecule has 2 rings (SSSR count). The average molecular weight is 283 g/mol. The van der Waals surface area contributed by atoms with Gasteiger partial charge in [-0.2, -0.15) is 0 Å². The summed E-state index contributed by atoms with van der Waals surface area (Å²) in [6.45, 7) is 2.44. The van der Waals surface area contributed by atoms with E-state index in [0.29, 0.717) is 12.0 Å². The zero-order valence-electron chi connectivity index (χ0n) is 11.9. The SMILES string of the molecule is CCC1CCCCC1NCC(O)c1cc(F)ccc1F. The number of halogens is 2. The van der Waals surface area contributed by atoms with Crippen molar-refractivity contribution in [3.63, 3.8) is 0 Å². The molecular weight excluding hydrogens is 260 g/mol. The number of nitrogens with one attached hydrogen (secondary N) is 1. The maximum atomic E-state index is 13.6. The van der Waals surface area contributed by atoms with Gasteiger partial charge >= 0.3 is 0 Å². The first kappa shape index (κ1) is 15.4. The van der Waals surface area contributed by atoms with Crippen LogP contribution in [0.1, 0.15) is 50.7 Å². The fourth-order valence-electron chi connectivity index (χ4n) is 3.11. The lowest BCUT2D eigenvalue weighted by Crippen LogP contribution is -2.40. The van der Waals surface area contributed by atoms with E-state index in [0.717, 1.165) is 31.0 Å². The van der Waals surface area contributed by atoms with Crippen LogP contribution in [0.4, 0.5) is 8.78 Å². The zero-order valence-corrected chi connectivity index (χ0v) is 11.9. The van der Waals surface area contributed by atoms with E-state index in [4.69, 9.17) is 0 Å². The van der Waals surface area contributed by atoms with E-state index in [-0.39, 0.29) is 12.1 Å². The molecule has 0 spiro atoms. The number of hydrogen-bond acceptors (Lipinski definition) is 2. The number of aliphatic hydroxyl groups is 1. The Labute approximate surface area is 119 Å². The van der Waals surface area contributed by atoms with Crippen LogP contribution in [0.25, 0.3) is 0 Å². The molecule has 2 nitrogen and oxygen atoms in total. The van der Waals surface area contributed by atoms with Crippen molar-refractivity contribution < 1.29 is 13.9 Å². The van der Waals surface area contributed by atoms with Crippen LogP contribution < -0.4 is 5.32 Å².